The molecular weight excluding hydrogens is 298 g/mol. The molecule has 1 aromatic rings. The molecule has 0 spiro atoms. The summed E-state index contributed by atoms with van der Waals surface area (Å²) in [6, 6.07) is 7.59. The van der Waals surface area contributed by atoms with Crippen molar-refractivity contribution in [3.05, 3.63) is 29.8 Å². The van der Waals surface area contributed by atoms with E-state index in [0.29, 0.717) is 5.11 Å². The summed E-state index contributed by atoms with van der Waals surface area (Å²) < 4.78 is 5.34. The maximum Gasteiger partial charge on any atom is 0.187 e. The predicted molar refractivity (Wildman–Crippen MR) is 93.2 cm³/mol. The van der Waals surface area contributed by atoms with Crippen LogP contribution in [0.5, 0.6) is 0 Å². The van der Waals surface area contributed by atoms with Gasteiger partial charge in [-0.25, -0.2) is 0 Å². The number of quaternary nitrogens is 1. The van der Waals surface area contributed by atoms with E-state index in [1.54, 1.807) is 4.90 Å². The Morgan fingerprint density at radius 1 is 1.32 bits per heavy atom. The molecule has 1 aliphatic heterocycles. The Hall–Kier alpha value is -1.70. The number of rotatable bonds is 5. The van der Waals surface area contributed by atoms with Crippen molar-refractivity contribution < 1.29 is 9.64 Å². The standard InChI is InChI=1S/C15H23N5OS/c1-12(13-2-4-14(16)5-3-13)18-19-15(22)17-6-7-20-8-10-21-11-9-20/h2-5H,6-11,16H2,1H3,(H2,17,19,22)/p+1/b18-12-. The normalized spacial score (nSPS) is 16.3. The van der Waals surface area contributed by atoms with E-state index in [-0.39, 0.29) is 0 Å². The van der Waals surface area contributed by atoms with Gasteiger partial charge < -0.3 is 20.7 Å². The Morgan fingerprint density at radius 2 is 2.00 bits per heavy atom. The largest absolute Gasteiger partial charge is 0.399 e. The highest BCUT2D eigenvalue weighted by atomic mass is 32.1. The smallest absolute Gasteiger partial charge is 0.187 e. The molecule has 6 nitrogen and oxygen atoms in total. The molecule has 1 saturated heterocycles. The molecule has 0 saturated carbocycles. The van der Waals surface area contributed by atoms with Crippen molar-refractivity contribution in [1.82, 2.24) is 10.7 Å². The summed E-state index contributed by atoms with van der Waals surface area (Å²) in [6.07, 6.45) is 0. The molecule has 0 bridgehead atoms. The third-order valence-corrected chi connectivity index (χ3v) is 3.85. The molecule has 22 heavy (non-hydrogen) atoms. The van der Waals surface area contributed by atoms with E-state index in [1.165, 1.54) is 0 Å². The molecule has 0 aliphatic carbocycles. The van der Waals surface area contributed by atoms with Crippen LogP contribution < -0.4 is 21.4 Å². The fraction of sp³-hybridized carbons (Fsp3) is 0.467. The first-order chi connectivity index (χ1) is 10.6. The first-order valence-electron chi connectivity index (χ1n) is 7.50. The SMILES string of the molecule is C/C(=N/NC(=S)NCC[NH+]1CCOCC1)c1ccc(N)cc1. The van der Waals surface area contributed by atoms with E-state index in [0.717, 1.165) is 56.4 Å². The topological polar surface area (TPSA) is 76.1 Å². The van der Waals surface area contributed by atoms with Crippen LogP contribution in [0.3, 0.4) is 0 Å². The number of nitrogens with zero attached hydrogens (tertiary/aromatic N) is 1. The van der Waals surface area contributed by atoms with E-state index in [9.17, 15) is 0 Å². The molecule has 0 aromatic heterocycles. The molecule has 5 N–H and O–H groups in total. The zero-order chi connectivity index (χ0) is 15.8. The number of anilines is 1. The molecule has 0 amide bonds. The van der Waals surface area contributed by atoms with Gasteiger partial charge in [0.25, 0.3) is 0 Å². The van der Waals surface area contributed by atoms with Gasteiger partial charge in [-0.3, -0.25) is 5.43 Å². The monoisotopic (exact) mass is 322 g/mol. The van der Waals surface area contributed by atoms with Crippen molar-refractivity contribution >= 4 is 28.7 Å². The second-order valence-corrected chi connectivity index (χ2v) is 5.71. The Labute approximate surface area is 136 Å². The van der Waals surface area contributed by atoms with E-state index < -0.39 is 0 Å². The molecule has 7 heteroatoms. The Morgan fingerprint density at radius 3 is 2.68 bits per heavy atom. The zero-order valence-corrected chi connectivity index (χ0v) is 13.7. The minimum Gasteiger partial charge on any atom is -0.399 e. The molecule has 120 valence electrons. The number of nitrogens with one attached hydrogen (secondary N) is 3. The maximum atomic E-state index is 5.67. The summed E-state index contributed by atoms with van der Waals surface area (Å²) in [5.74, 6) is 0. The number of hydrogen-bond donors (Lipinski definition) is 4. The van der Waals surface area contributed by atoms with Gasteiger partial charge in [0.05, 0.1) is 32.0 Å². The summed E-state index contributed by atoms with van der Waals surface area (Å²) in [6.45, 7) is 7.63. The predicted octanol–water partition coefficient (Wildman–Crippen LogP) is -0.628. The zero-order valence-electron chi connectivity index (χ0n) is 12.9. The number of morpholine rings is 1. The van der Waals surface area contributed by atoms with Crippen LogP contribution >= 0.6 is 12.2 Å². The molecule has 0 radical (unpaired) electrons. The fourth-order valence-corrected chi connectivity index (χ4v) is 2.37. The highest BCUT2D eigenvalue weighted by molar-refractivity contribution is 7.80. The molecule has 1 aliphatic rings. The molecule has 0 atom stereocenters. The lowest BCUT2D eigenvalue weighted by molar-refractivity contribution is -0.906. The summed E-state index contributed by atoms with van der Waals surface area (Å²) in [7, 11) is 0. The van der Waals surface area contributed by atoms with Gasteiger partial charge in [-0.15, -0.1) is 0 Å². The number of hydrazone groups is 1. The van der Waals surface area contributed by atoms with Crippen LogP contribution in [0.25, 0.3) is 0 Å². The van der Waals surface area contributed by atoms with Crippen LogP contribution in [0.4, 0.5) is 5.69 Å². The highest BCUT2D eigenvalue weighted by Crippen LogP contribution is 2.06. The van der Waals surface area contributed by atoms with Gasteiger partial charge in [0.1, 0.15) is 13.1 Å². The first-order valence-corrected chi connectivity index (χ1v) is 7.91. The minimum absolute atomic E-state index is 0.544. The van der Waals surface area contributed by atoms with Crippen molar-refractivity contribution in [3.63, 3.8) is 0 Å². The molecule has 1 fully saturated rings. The molecule has 1 aromatic carbocycles. The van der Waals surface area contributed by atoms with Crippen LogP contribution in [-0.2, 0) is 4.74 Å². The number of thiocarbonyl (C=S) groups is 1. The number of hydrogen-bond acceptors (Lipinski definition) is 4. The van der Waals surface area contributed by atoms with E-state index >= 15 is 0 Å². The third kappa shape index (κ3) is 5.59. The lowest BCUT2D eigenvalue weighted by atomic mass is 10.1. The third-order valence-electron chi connectivity index (χ3n) is 3.62. The van der Waals surface area contributed by atoms with Gasteiger partial charge in [-0.1, -0.05) is 12.1 Å². The highest BCUT2D eigenvalue weighted by Gasteiger charge is 2.12. The average Bonchev–Trinajstić information content (AvgIpc) is 2.54. The molecule has 1 heterocycles. The van der Waals surface area contributed by atoms with Gasteiger partial charge in [0, 0.05) is 5.69 Å². The lowest BCUT2D eigenvalue weighted by Gasteiger charge is -2.23. The van der Waals surface area contributed by atoms with Gasteiger partial charge in [0.15, 0.2) is 5.11 Å². The summed E-state index contributed by atoms with van der Waals surface area (Å²) in [5, 5.41) is 8.01. The van der Waals surface area contributed by atoms with Crippen molar-refractivity contribution in [2.75, 3.05) is 45.1 Å². The number of benzene rings is 1. The summed E-state index contributed by atoms with van der Waals surface area (Å²) in [5.41, 5.74) is 11.2. The minimum atomic E-state index is 0.544. The second-order valence-electron chi connectivity index (χ2n) is 5.30. The molecule has 0 unspecified atom stereocenters. The van der Waals surface area contributed by atoms with E-state index in [4.69, 9.17) is 22.7 Å². The van der Waals surface area contributed by atoms with E-state index in [2.05, 4.69) is 15.8 Å². The van der Waals surface area contributed by atoms with Crippen LogP contribution in [-0.4, -0.2) is 50.2 Å². The van der Waals surface area contributed by atoms with Crippen LogP contribution in [0.15, 0.2) is 29.4 Å². The van der Waals surface area contributed by atoms with Crippen molar-refractivity contribution in [2.24, 2.45) is 5.10 Å². The Balaban J connectivity index is 1.69. The van der Waals surface area contributed by atoms with Gasteiger partial charge >= 0.3 is 0 Å². The molecular formula is C15H24N5OS+. The number of ether oxygens (including phenoxy) is 1. The molecule has 2 rings (SSSR count). The Bertz CT molecular complexity index is 511. The fourth-order valence-electron chi connectivity index (χ4n) is 2.23. The van der Waals surface area contributed by atoms with Crippen molar-refractivity contribution in [3.8, 4) is 0 Å². The second kappa shape index (κ2) is 8.67. The van der Waals surface area contributed by atoms with Crippen LogP contribution in [0.2, 0.25) is 0 Å². The summed E-state index contributed by atoms with van der Waals surface area (Å²) >= 11 is 5.23. The van der Waals surface area contributed by atoms with Gasteiger partial charge in [-0.2, -0.15) is 5.10 Å². The first kappa shape index (κ1) is 16.7. The van der Waals surface area contributed by atoms with Gasteiger partial charge in [0.2, 0.25) is 0 Å². The van der Waals surface area contributed by atoms with Crippen molar-refractivity contribution in [1.29, 1.82) is 0 Å². The lowest BCUT2D eigenvalue weighted by Crippen LogP contribution is -3.14. The van der Waals surface area contributed by atoms with E-state index in [1.807, 2.05) is 31.2 Å². The number of nitrogens with two attached hydrogens (primary N) is 1. The van der Waals surface area contributed by atoms with Gasteiger partial charge in [-0.05, 0) is 36.8 Å². The number of nitrogen functional groups attached to an aromatic ring is 1. The summed E-state index contributed by atoms with van der Waals surface area (Å²) in [4.78, 5) is 1.54. The van der Waals surface area contributed by atoms with Crippen LogP contribution in [0, 0.1) is 0 Å². The Kier molecular flexibility index (Phi) is 6.57. The average molecular weight is 322 g/mol. The van der Waals surface area contributed by atoms with Crippen molar-refractivity contribution in [2.45, 2.75) is 6.92 Å². The maximum absolute atomic E-state index is 5.67. The quantitative estimate of drug-likeness (QED) is 0.251. The van der Waals surface area contributed by atoms with Crippen LogP contribution in [0.1, 0.15) is 12.5 Å².